The molecule has 2 unspecified atom stereocenters. The SMILES string of the molecule is COc1cccc2c1C(=O)c1c(O)c3c(c(O)c1C2=O)C[C@@](O)(C(=O)CO)C[C@@H]3[C@H]1CC(N)[C@@H](O)C(C)O1. The van der Waals surface area contributed by atoms with Gasteiger partial charge in [0.2, 0.25) is 5.78 Å². The van der Waals surface area contributed by atoms with E-state index in [2.05, 4.69) is 0 Å². The van der Waals surface area contributed by atoms with Crippen LogP contribution in [0.25, 0.3) is 0 Å². The van der Waals surface area contributed by atoms with E-state index < -0.39 is 88.9 Å². The van der Waals surface area contributed by atoms with Crippen molar-refractivity contribution in [1.29, 1.82) is 0 Å². The third kappa shape index (κ3) is 3.65. The van der Waals surface area contributed by atoms with Gasteiger partial charge in [0.25, 0.3) is 0 Å². The third-order valence-corrected chi connectivity index (χ3v) is 8.08. The highest BCUT2D eigenvalue weighted by molar-refractivity contribution is 6.31. The number of aliphatic hydroxyl groups excluding tert-OH is 2. The van der Waals surface area contributed by atoms with E-state index in [-0.39, 0.29) is 40.8 Å². The highest BCUT2D eigenvalue weighted by atomic mass is 16.5. The number of fused-ring (bicyclic) bond motifs is 3. The zero-order valence-electron chi connectivity index (χ0n) is 20.8. The lowest BCUT2D eigenvalue weighted by Crippen LogP contribution is -2.55. The second-order valence-corrected chi connectivity index (χ2v) is 10.3. The number of aliphatic hydroxyl groups is 3. The number of ketones is 3. The molecule has 0 saturated carbocycles. The van der Waals surface area contributed by atoms with Gasteiger partial charge in [-0.2, -0.15) is 0 Å². The number of hydrogen-bond donors (Lipinski definition) is 6. The molecule has 11 heteroatoms. The Labute approximate surface area is 217 Å². The summed E-state index contributed by atoms with van der Waals surface area (Å²) in [6.45, 7) is 0.613. The average molecular weight is 528 g/mol. The van der Waals surface area contributed by atoms with E-state index in [0.717, 1.165) is 0 Å². The summed E-state index contributed by atoms with van der Waals surface area (Å²) in [6.07, 6.45) is -3.34. The van der Waals surface area contributed by atoms with E-state index in [9.17, 15) is 39.9 Å². The Morgan fingerprint density at radius 2 is 1.84 bits per heavy atom. The average Bonchev–Trinajstić information content (AvgIpc) is 2.90. The largest absolute Gasteiger partial charge is 0.507 e. The molecule has 11 nitrogen and oxygen atoms in total. The van der Waals surface area contributed by atoms with Crippen molar-refractivity contribution in [2.24, 2.45) is 5.73 Å². The molecule has 38 heavy (non-hydrogen) atoms. The zero-order chi connectivity index (χ0) is 27.7. The molecular weight excluding hydrogens is 498 g/mol. The number of benzene rings is 2. The van der Waals surface area contributed by atoms with Crippen LogP contribution in [0.1, 0.15) is 68.7 Å². The molecule has 1 aliphatic heterocycles. The minimum Gasteiger partial charge on any atom is -0.507 e. The van der Waals surface area contributed by atoms with Crippen LogP contribution < -0.4 is 10.5 Å². The predicted molar refractivity (Wildman–Crippen MR) is 131 cm³/mol. The van der Waals surface area contributed by atoms with Crippen molar-refractivity contribution in [3.63, 3.8) is 0 Å². The molecule has 1 saturated heterocycles. The number of ether oxygens (including phenoxy) is 2. The van der Waals surface area contributed by atoms with Crippen molar-refractivity contribution in [1.82, 2.24) is 0 Å². The van der Waals surface area contributed by atoms with Crippen molar-refractivity contribution in [3.8, 4) is 17.2 Å². The number of phenols is 2. The Kier molecular flexibility index (Phi) is 6.32. The molecule has 2 aromatic carbocycles. The van der Waals surface area contributed by atoms with Gasteiger partial charge in [0.1, 0.15) is 29.5 Å². The van der Waals surface area contributed by atoms with Gasteiger partial charge in [-0.3, -0.25) is 14.4 Å². The fraction of sp³-hybridized carbons (Fsp3) is 0.444. The number of nitrogens with two attached hydrogens (primary N) is 1. The first-order valence-corrected chi connectivity index (χ1v) is 12.3. The van der Waals surface area contributed by atoms with E-state index in [1.54, 1.807) is 6.92 Å². The second kappa shape index (κ2) is 9.14. The predicted octanol–water partition coefficient (Wildman–Crippen LogP) is 0.0697. The molecule has 2 aliphatic carbocycles. The van der Waals surface area contributed by atoms with Gasteiger partial charge in [0.05, 0.1) is 42.1 Å². The molecular formula is C27H29NO10. The molecule has 7 N–H and O–H groups in total. The summed E-state index contributed by atoms with van der Waals surface area (Å²) in [6, 6.07) is 3.67. The summed E-state index contributed by atoms with van der Waals surface area (Å²) in [5.41, 5.74) is 2.93. The van der Waals surface area contributed by atoms with E-state index in [4.69, 9.17) is 15.2 Å². The number of phenolic OH excluding ortho intramolecular Hbond substituents is 2. The summed E-state index contributed by atoms with van der Waals surface area (Å²) in [5.74, 6) is -4.50. The fourth-order valence-corrected chi connectivity index (χ4v) is 6.13. The Morgan fingerprint density at radius 1 is 1.16 bits per heavy atom. The quantitative estimate of drug-likeness (QED) is 0.251. The molecule has 1 fully saturated rings. The standard InChI is InChI=1S/C27H29NO10/c1-10-22(31)14(28)6-16(38-10)12-7-27(36,17(30)9-29)8-13-18(12)25(34)21-20(24(13)33)23(32)11-4-3-5-15(37-2)19(11)26(21)35/h3-5,10,12,14,16,22,29,31,33-34,36H,6-9,28H2,1-2H3/t10?,12-,14?,16-,22+,27-/m1/s1. The van der Waals surface area contributed by atoms with Crippen LogP contribution in [0.5, 0.6) is 17.2 Å². The van der Waals surface area contributed by atoms with E-state index in [1.165, 1.54) is 25.3 Å². The number of carbonyl (C=O) groups is 3. The molecule has 1 heterocycles. The third-order valence-electron chi connectivity index (χ3n) is 8.08. The molecule has 2 aromatic rings. The van der Waals surface area contributed by atoms with Crippen LogP contribution in [0.2, 0.25) is 0 Å². The Balaban J connectivity index is 1.76. The van der Waals surface area contributed by atoms with E-state index >= 15 is 0 Å². The van der Waals surface area contributed by atoms with E-state index in [1.807, 2.05) is 0 Å². The lowest BCUT2D eigenvalue weighted by atomic mass is 9.66. The molecule has 0 bridgehead atoms. The minimum atomic E-state index is -2.17. The van der Waals surface area contributed by atoms with Gasteiger partial charge >= 0.3 is 0 Å². The Morgan fingerprint density at radius 3 is 2.47 bits per heavy atom. The lowest BCUT2D eigenvalue weighted by Gasteiger charge is -2.45. The van der Waals surface area contributed by atoms with Crippen molar-refractivity contribution in [3.05, 3.63) is 51.6 Å². The van der Waals surface area contributed by atoms with Crippen LogP contribution in [0.15, 0.2) is 18.2 Å². The minimum absolute atomic E-state index is 0.0324. The summed E-state index contributed by atoms with van der Waals surface area (Å²) in [5, 5.41) is 54.1. The maximum Gasteiger partial charge on any atom is 0.202 e. The molecule has 0 spiro atoms. The molecule has 0 aromatic heterocycles. The number of methoxy groups -OCH3 is 1. The van der Waals surface area contributed by atoms with Gasteiger partial charge in [-0.05, 0) is 25.8 Å². The first kappa shape index (κ1) is 26.3. The lowest BCUT2D eigenvalue weighted by molar-refractivity contribution is -0.150. The van der Waals surface area contributed by atoms with Crippen LogP contribution >= 0.6 is 0 Å². The van der Waals surface area contributed by atoms with Crippen LogP contribution in [-0.4, -0.2) is 86.6 Å². The normalized spacial score (nSPS) is 30.3. The van der Waals surface area contributed by atoms with Crippen molar-refractivity contribution >= 4 is 17.3 Å². The molecule has 0 amide bonds. The molecule has 6 atom stereocenters. The number of carbonyl (C=O) groups excluding carboxylic acids is 3. The number of rotatable bonds is 4. The summed E-state index contributed by atoms with van der Waals surface area (Å²) in [4.78, 5) is 39.9. The van der Waals surface area contributed by atoms with Gasteiger partial charge in [-0.25, -0.2) is 0 Å². The monoisotopic (exact) mass is 527 g/mol. The zero-order valence-corrected chi connectivity index (χ0v) is 20.8. The fourth-order valence-electron chi connectivity index (χ4n) is 6.13. The Bertz CT molecular complexity index is 1360. The highest BCUT2D eigenvalue weighted by Gasteiger charge is 2.51. The summed E-state index contributed by atoms with van der Waals surface area (Å²) < 4.78 is 11.2. The molecule has 3 aliphatic rings. The maximum atomic E-state index is 13.7. The topological polar surface area (TPSA) is 197 Å². The van der Waals surface area contributed by atoms with Gasteiger partial charge in [0.15, 0.2) is 11.6 Å². The first-order chi connectivity index (χ1) is 17.9. The van der Waals surface area contributed by atoms with Crippen LogP contribution in [-0.2, 0) is 16.0 Å². The van der Waals surface area contributed by atoms with Gasteiger partial charge in [-0.15, -0.1) is 0 Å². The van der Waals surface area contributed by atoms with Crippen LogP contribution in [0, 0.1) is 0 Å². The van der Waals surface area contributed by atoms with Gasteiger partial charge in [-0.1, -0.05) is 12.1 Å². The molecule has 202 valence electrons. The van der Waals surface area contributed by atoms with Crippen molar-refractivity contribution in [2.75, 3.05) is 13.7 Å². The highest BCUT2D eigenvalue weighted by Crippen LogP contribution is 2.53. The molecule has 5 rings (SSSR count). The maximum absolute atomic E-state index is 13.7. The van der Waals surface area contributed by atoms with Crippen molar-refractivity contribution in [2.45, 2.75) is 62.1 Å². The summed E-state index contributed by atoms with van der Waals surface area (Å²) >= 11 is 0. The number of aromatic hydroxyl groups is 2. The Hall–Kier alpha value is -3.35. The van der Waals surface area contributed by atoms with Gasteiger partial charge in [0, 0.05) is 35.1 Å². The number of hydrogen-bond acceptors (Lipinski definition) is 11. The van der Waals surface area contributed by atoms with E-state index in [0.29, 0.717) is 0 Å². The number of Topliss-reactive ketones (excluding diaryl/α,β-unsaturated/α-hetero) is 1. The first-order valence-electron chi connectivity index (χ1n) is 12.3. The smallest absolute Gasteiger partial charge is 0.202 e. The molecule has 0 radical (unpaired) electrons. The van der Waals surface area contributed by atoms with Gasteiger partial charge < -0.3 is 40.7 Å². The second-order valence-electron chi connectivity index (χ2n) is 10.3. The summed E-state index contributed by atoms with van der Waals surface area (Å²) in [7, 11) is 1.33. The van der Waals surface area contributed by atoms with Crippen molar-refractivity contribution < 1.29 is 49.4 Å². The van der Waals surface area contributed by atoms with Crippen LogP contribution in [0.3, 0.4) is 0 Å². The van der Waals surface area contributed by atoms with Crippen LogP contribution in [0.4, 0.5) is 0 Å².